The van der Waals surface area contributed by atoms with Crippen LogP contribution in [0.1, 0.15) is 18.4 Å². The first-order valence-electron chi connectivity index (χ1n) is 6.55. The lowest BCUT2D eigenvalue weighted by Crippen LogP contribution is -2.44. The van der Waals surface area contributed by atoms with E-state index in [1.807, 2.05) is 12.3 Å². The third kappa shape index (κ3) is 2.06. The number of nitrogens with zero attached hydrogens (tertiary/aromatic N) is 3. The van der Waals surface area contributed by atoms with Crippen LogP contribution in [0.5, 0.6) is 0 Å². The van der Waals surface area contributed by atoms with Gasteiger partial charge in [-0.3, -0.25) is 9.47 Å². The standard InChI is InChI=1S/C15H19N3/c1-12-9-17(10-12)11-15-8-16-13(2)18(15)14-6-4-3-5-7-14/h3-8,12H,9-11H2,1-2H3. The summed E-state index contributed by atoms with van der Waals surface area (Å²) >= 11 is 0. The second-order valence-corrected chi connectivity index (χ2v) is 5.27. The topological polar surface area (TPSA) is 21.1 Å². The van der Waals surface area contributed by atoms with E-state index in [1.54, 1.807) is 0 Å². The molecule has 0 aliphatic carbocycles. The number of aromatic nitrogens is 2. The normalized spacial score (nSPS) is 16.8. The van der Waals surface area contributed by atoms with E-state index in [1.165, 1.54) is 24.5 Å². The van der Waals surface area contributed by atoms with E-state index in [4.69, 9.17) is 0 Å². The Morgan fingerprint density at radius 3 is 2.61 bits per heavy atom. The van der Waals surface area contributed by atoms with Gasteiger partial charge in [-0.05, 0) is 25.0 Å². The van der Waals surface area contributed by atoms with Crippen LogP contribution in [0.25, 0.3) is 5.69 Å². The SMILES string of the molecule is Cc1ncc(CN2CC(C)C2)n1-c1ccccc1. The highest BCUT2D eigenvalue weighted by Crippen LogP contribution is 2.20. The van der Waals surface area contributed by atoms with Crippen molar-refractivity contribution in [1.82, 2.24) is 14.5 Å². The van der Waals surface area contributed by atoms with Crippen LogP contribution < -0.4 is 0 Å². The number of para-hydroxylation sites is 1. The van der Waals surface area contributed by atoms with Gasteiger partial charge in [0, 0.05) is 25.3 Å². The van der Waals surface area contributed by atoms with Gasteiger partial charge in [-0.15, -0.1) is 0 Å². The van der Waals surface area contributed by atoms with E-state index in [2.05, 4.69) is 52.6 Å². The van der Waals surface area contributed by atoms with Crippen molar-refractivity contribution in [1.29, 1.82) is 0 Å². The molecule has 0 amide bonds. The van der Waals surface area contributed by atoms with Crippen molar-refractivity contribution in [3.63, 3.8) is 0 Å². The molecule has 0 radical (unpaired) electrons. The first-order valence-corrected chi connectivity index (χ1v) is 6.55. The molecule has 3 rings (SSSR count). The highest BCUT2D eigenvalue weighted by atomic mass is 15.2. The Hall–Kier alpha value is -1.61. The van der Waals surface area contributed by atoms with Crippen molar-refractivity contribution >= 4 is 0 Å². The summed E-state index contributed by atoms with van der Waals surface area (Å²) in [6, 6.07) is 10.5. The predicted octanol–water partition coefficient (Wildman–Crippen LogP) is 2.63. The van der Waals surface area contributed by atoms with Crippen molar-refractivity contribution in [2.45, 2.75) is 20.4 Å². The third-order valence-corrected chi connectivity index (χ3v) is 3.55. The highest BCUT2D eigenvalue weighted by Gasteiger charge is 2.23. The van der Waals surface area contributed by atoms with Gasteiger partial charge in [0.05, 0.1) is 11.9 Å². The molecule has 3 nitrogen and oxygen atoms in total. The van der Waals surface area contributed by atoms with Gasteiger partial charge in [-0.1, -0.05) is 25.1 Å². The number of imidazole rings is 1. The summed E-state index contributed by atoms with van der Waals surface area (Å²) in [6.45, 7) is 7.78. The molecule has 1 aliphatic heterocycles. The number of benzene rings is 1. The molecule has 0 N–H and O–H groups in total. The zero-order chi connectivity index (χ0) is 12.5. The fraction of sp³-hybridized carbons (Fsp3) is 0.400. The minimum atomic E-state index is 0.846. The van der Waals surface area contributed by atoms with Crippen LogP contribution in [0.3, 0.4) is 0 Å². The van der Waals surface area contributed by atoms with E-state index in [0.29, 0.717) is 0 Å². The van der Waals surface area contributed by atoms with E-state index in [9.17, 15) is 0 Å². The predicted molar refractivity (Wildman–Crippen MR) is 72.7 cm³/mol. The largest absolute Gasteiger partial charge is 0.300 e. The maximum absolute atomic E-state index is 4.46. The average Bonchev–Trinajstić information content (AvgIpc) is 2.70. The first kappa shape index (κ1) is 11.5. The molecule has 1 aliphatic rings. The molecular formula is C15H19N3. The maximum Gasteiger partial charge on any atom is 0.110 e. The van der Waals surface area contributed by atoms with E-state index in [0.717, 1.165) is 18.3 Å². The lowest BCUT2D eigenvalue weighted by Gasteiger charge is -2.37. The van der Waals surface area contributed by atoms with E-state index in [-0.39, 0.29) is 0 Å². The quantitative estimate of drug-likeness (QED) is 0.823. The fourth-order valence-electron chi connectivity index (χ4n) is 2.72. The third-order valence-electron chi connectivity index (χ3n) is 3.55. The Balaban J connectivity index is 1.87. The zero-order valence-electron chi connectivity index (χ0n) is 11.0. The Morgan fingerprint density at radius 2 is 1.94 bits per heavy atom. The second-order valence-electron chi connectivity index (χ2n) is 5.27. The summed E-state index contributed by atoms with van der Waals surface area (Å²) < 4.78 is 2.25. The molecule has 1 saturated heterocycles. The Kier molecular flexibility index (Phi) is 2.92. The summed E-state index contributed by atoms with van der Waals surface area (Å²) in [5.74, 6) is 1.91. The summed E-state index contributed by atoms with van der Waals surface area (Å²) in [5, 5.41) is 0. The maximum atomic E-state index is 4.46. The minimum Gasteiger partial charge on any atom is -0.300 e. The van der Waals surface area contributed by atoms with Gasteiger partial charge < -0.3 is 0 Å². The number of rotatable bonds is 3. The first-order chi connectivity index (χ1) is 8.74. The van der Waals surface area contributed by atoms with Gasteiger partial charge in [0.1, 0.15) is 5.82 Å². The molecular weight excluding hydrogens is 222 g/mol. The number of aryl methyl sites for hydroxylation is 1. The summed E-state index contributed by atoms with van der Waals surface area (Å²) in [5.41, 5.74) is 2.49. The molecule has 1 fully saturated rings. The molecule has 3 heteroatoms. The smallest absolute Gasteiger partial charge is 0.110 e. The van der Waals surface area contributed by atoms with Crippen LogP contribution in [0.15, 0.2) is 36.5 Å². The van der Waals surface area contributed by atoms with Gasteiger partial charge in [0.2, 0.25) is 0 Å². The van der Waals surface area contributed by atoms with Crippen molar-refractivity contribution in [2.24, 2.45) is 5.92 Å². The summed E-state index contributed by atoms with van der Waals surface area (Å²) in [4.78, 5) is 6.93. The molecule has 0 spiro atoms. The zero-order valence-corrected chi connectivity index (χ0v) is 11.0. The minimum absolute atomic E-state index is 0.846. The molecule has 0 bridgehead atoms. The second kappa shape index (κ2) is 4.58. The highest BCUT2D eigenvalue weighted by molar-refractivity contribution is 5.35. The van der Waals surface area contributed by atoms with Crippen molar-refractivity contribution < 1.29 is 0 Å². The lowest BCUT2D eigenvalue weighted by atomic mass is 10.0. The Morgan fingerprint density at radius 1 is 1.22 bits per heavy atom. The van der Waals surface area contributed by atoms with Crippen molar-refractivity contribution in [3.05, 3.63) is 48.0 Å². The number of hydrogen-bond donors (Lipinski definition) is 0. The Bertz CT molecular complexity index is 524. The van der Waals surface area contributed by atoms with Gasteiger partial charge in [-0.25, -0.2) is 4.98 Å². The van der Waals surface area contributed by atoms with Gasteiger partial charge in [0.25, 0.3) is 0 Å². The van der Waals surface area contributed by atoms with Crippen molar-refractivity contribution in [2.75, 3.05) is 13.1 Å². The molecule has 18 heavy (non-hydrogen) atoms. The van der Waals surface area contributed by atoms with E-state index < -0.39 is 0 Å². The summed E-state index contributed by atoms with van der Waals surface area (Å²) in [6.07, 6.45) is 2.01. The van der Waals surface area contributed by atoms with Crippen LogP contribution in [-0.4, -0.2) is 27.5 Å². The molecule has 2 heterocycles. The van der Waals surface area contributed by atoms with Crippen LogP contribution >= 0.6 is 0 Å². The van der Waals surface area contributed by atoms with E-state index >= 15 is 0 Å². The lowest BCUT2D eigenvalue weighted by molar-refractivity contribution is 0.103. The number of hydrogen-bond acceptors (Lipinski definition) is 2. The molecule has 1 aromatic heterocycles. The molecule has 94 valence electrons. The van der Waals surface area contributed by atoms with Gasteiger partial charge >= 0.3 is 0 Å². The van der Waals surface area contributed by atoms with Crippen molar-refractivity contribution in [3.8, 4) is 5.69 Å². The van der Waals surface area contributed by atoms with Crippen LogP contribution in [-0.2, 0) is 6.54 Å². The molecule has 1 aromatic carbocycles. The monoisotopic (exact) mass is 241 g/mol. The average molecular weight is 241 g/mol. The van der Waals surface area contributed by atoms with Crippen LogP contribution in [0.2, 0.25) is 0 Å². The van der Waals surface area contributed by atoms with Crippen LogP contribution in [0.4, 0.5) is 0 Å². The van der Waals surface area contributed by atoms with Crippen LogP contribution in [0, 0.1) is 12.8 Å². The number of likely N-dealkylation sites (tertiary alicyclic amines) is 1. The Labute approximate surface area is 108 Å². The molecule has 0 unspecified atom stereocenters. The molecule has 2 aromatic rings. The molecule has 0 atom stereocenters. The molecule has 0 saturated carbocycles. The summed E-state index contributed by atoms with van der Waals surface area (Å²) in [7, 11) is 0. The van der Waals surface area contributed by atoms with Gasteiger partial charge in [0.15, 0.2) is 0 Å². The fourth-order valence-corrected chi connectivity index (χ4v) is 2.72. The van der Waals surface area contributed by atoms with Gasteiger partial charge in [-0.2, -0.15) is 0 Å².